The van der Waals surface area contributed by atoms with Crippen LogP contribution in [-0.4, -0.2) is 45.1 Å². The predicted octanol–water partition coefficient (Wildman–Crippen LogP) is 0.0169. The molecule has 0 amide bonds. The zero-order valence-electron chi connectivity index (χ0n) is 10.4. The number of hydrogen-bond donors (Lipinski definition) is 2. The summed E-state index contributed by atoms with van der Waals surface area (Å²) >= 11 is 0. The molecule has 0 spiro atoms. The van der Waals surface area contributed by atoms with Crippen molar-refractivity contribution in [1.82, 2.24) is 0 Å². The van der Waals surface area contributed by atoms with Gasteiger partial charge < -0.3 is 23.7 Å². The molecule has 0 saturated heterocycles. The lowest BCUT2D eigenvalue weighted by Gasteiger charge is -2.43. The van der Waals surface area contributed by atoms with E-state index in [4.69, 9.17) is 28.2 Å². The van der Waals surface area contributed by atoms with Crippen LogP contribution in [0.25, 0.3) is 0 Å². The van der Waals surface area contributed by atoms with Gasteiger partial charge in [-0.15, -0.1) is 0 Å². The van der Waals surface area contributed by atoms with E-state index in [2.05, 4.69) is 0 Å². The van der Waals surface area contributed by atoms with Gasteiger partial charge in [0.25, 0.3) is 0 Å². The largest absolute Gasteiger partial charge is 0.415 e. The maximum atomic E-state index is 8.99. The Morgan fingerprint density at radius 2 is 1.56 bits per heavy atom. The van der Waals surface area contributed by atoms with Gasteiger partial charge in [-0.25, -0.2) is 0 Å². The van der Waals surface area contributed by atoms with Crippen molar-refractivity contribution in [3.63, 3.8) is 0 Å². The normalized spacial score (nSPS) is 13.7. The molecule has 0 radical (unpaired) electrons. The van der Waals surface area contributed by atoms with Crippen LogP contribution >= 0.6 is 8.60 Å². The van der Waals surface area contributed by atoms with Crippen molar-refractivity contribution in [2.45, 2.75) is 39.3 Å². The highest BCUT2D eigenvalue weighted by atomic mass is 31.2. The van der Waals surface area contributed by atoms with Crippen LogP contribution in [0.3, 0.4) is 0 Å². The van der Waals surface area contributed by atoms with Crippen LogP contribution in [0.1, 0.15) is 27.7 Å². The van der Waals surface area contributed by atoms with Crippen LogP contribution in [0, 0.1) is 0 Å². The van der Waals surface area contributed by atoms with Crippen LogP contribution in [0.5, 0.6) is 0 Å². The van der Waals surface area contributed by atoms with Crippen molar-refractivity contribution in [3.8, 4) is 0 Å². The third-order valence-electron chi connectivity index (χ3n) is 2.12. The monoisotopic (exact) mass is 272 g/mol. The van der Waals surface area contributed by atoms with Gasteiger partial charge in [0, 0.05) is 13.2 Å². The van der Waals surface area contributed by atoms with Crippen LogP contribution in [0.4, 0.5) is 0 Å². The molecule has 0 aliphatic heterocycles. The number of hydrogen-bond acceptors (Lipinski definition) is 6. The molecule has 0 bridgehead atoms. The molecule has 0 fully saturated rings. The van der Waals surface area contributed by atoms with Crippen molar-refractivity contribution in [2.75, 3.05) is 13.2 Å². The molecule has 0 aromatic carbocycles. The predicted molar refractivity (Wildman–Crippen MR) is 63.5 cm³/mol. The molecule has 8 heteroatoms. The minimum Gasteiger partial charge on any atom is -0.415 e. The molecule has 16 heavy (non-hydrogen) atoms. The summed E-state index contributed by atoms with van der Waals surface area (Å²) in [5.74, 6) is -1.59. The molecular weight excluding hydrogens is 251 g/mol. The Balaban J connectivity index is 5.06. The van der Waals surface area contributed by atoms with E-state index < -0.39 is 20.2 Å². The Bertz CT molecular complexity index is 195. The zero-order valence-corrected chi connectivity index (χ0v) is 13.3. The Morgan fingerprint density at radius 3 is 1.81 bits per heavy atom. The second-order valence-corrected chi connectivity index (χ2v) is 4.58. The minimum absolute atomic E-state index is 0.303. The molecule has 0 aliphatic carbocycles. The van der Waals surface area contributed by atoms with Crippen LogP contribution in [0.2, 0.25) is 0 Å². The zero-order chi connectivity index (χ0) is 12.8. The first-order valence-corrected chi connectivity index (χ1v) is 7.03. The molecule has 6 nitrogen and oxygen atoms in total. The molecule has 0 unspecified atom stereocenters. The van der Waals surface area contributed by atoms with Gasteiger partial charge in [-0.1, -0.05) is 0 Å². The van der Waals surface area contributed by atoms with Crippen LogP contribution < -0.4 is 0 Å². The smallest absolute Gasteiger partial charge is 0.331 e. The van der Waals surface area contributed by atoms with Crippen molar-refractivity contribution >= 4 is 19.1 Å². The van der Waals surface area contributed by atoms with Gasteiger partial charge in [-0.05, 0) is 27.7 Å². The summed E-state index contributed by atoms with van der Waals surface area (Å²) < 4.78 is 21.1. The van der Waals surface area contributed by atoms with E-state index in [1.54, 1.807) is 27.7 Å². The fourth-order valence-corrected chi connectivity index (χ4v) is 1.95. The van der Waals surface area contributed by atoms with Crippen LogP contribution in [0.15, 0.2) is 0 Å². The summed E-state index contributed by atoms with van der Waals surface area (Å²) in [6, 6.07) is 0. The van der Waals surface area contributed by atoms with Crippen molar-refractivity contribution in [2.24, 2.45) is 0 Å². The summed E-state index contributed by atoms with van der Waals surface area (Å²) in [4.78, 5) is 18.0. The van der Waals surface area contributed by atoms with Crippen LogP contribution in [-0.2, 0) is 18.4 Å². The third kappa shape index (κ3) is 4.01. The second kappa shape index (κ2) is 6.98. The lowest BCUT2D eigenvalue weighted by molar-refractivity contribution is -0.398. The Labute approximate surface area is 100 Å². The minimum atomic E-state index is -2.60. The lowest BCUT2D eigenvalue weighted by atomic mass is 10.1. The molecule has 0 aliphatic rings. The standard InChI is InChI=1S/C8H21O6PSi/c1-5-11-8(12-6-2,13-15(9)10)7(3,4)14-16/h9-10H,5-6H2,1-4,16H3. The third-order valence-corrected chi connectivity index (χ3v) is 3.54. The molecular formula is C8H21O6PSi. The van der Waals surface area contributed by atoms with E-state index in [-0.39, 0.29) is 0 Å². The first-order chi connectivity index (χ1) is 7.35. The maximum Gasteiger partial charge on any atom is 0.331 e. The van der Waals surface area contributed by atoms with E-state index in [0.29, 0.717) is 23.7 Å². The first-order valence-electron chi connectivity index (χ1n) is 5.05. The van der Waals surface area contributed by atoms with Gasteiger partial charge in [0.2, 0.25) is 0 Å². The summed E-state index contributed by atoms with van der Waals surface area (Å²) in [5, 5.41) is 0. The molecule has 98 valence electrons. The Hall–Kier alpha value is 0.407. The Morgan fingerprint density at radius 1 is 1.12 bits per heavy atom. The van der Waals surface area contributed by atoms with Crippen molar-refractivity contribution in [3.05, 3.63) is 0 Å². The van der Waals surface area contributed by atoms with Crippen molar-refractivity contribution in [1.29, 1.82) is 0 Å². The highest BCUT2D eigenvalue weighted by Crippen LogP contribution is 2.41. The molecule has 0 atom stereocenters. The van der Waals surface area contributed by atoms with E-state index in [0.717, 1.165) is 0 Å². The van der Waals surface area contributed by atoms with E-state index in [1.165, 1.54) is 0 Å². The van der Waals surface area contributed by atoms with E-state index >= 15 is 0 Å². The topological polar surface area (TPSA) is 77.4 Å². The summed E-state index contributed by atoms with van der Waals surface area (Å²) in [6.45, 7) is 7.55. The average Bonchev–Trinajstić information content (AvgIpc) is 2.17. The quantitative estimate of drug-likeness (QED) is 0.368. The number of ether oxygens (including phenoxy) is 2. The number of rotatable bonds is 8. The summed E-state index contributed by atoms with van der Waals surface area (Å²) in [7, 11) is -2.15. The Kier molecular flexibility index (Phi) is 7.16. The van der Waals surface area contributed by atoms with Gasteiger partial charge in [0.05, 0.1) is 0 Å². The molecule has 0 rings (SSSR count). The van der Waals surface area contributed by atoms with Gasteiger partial charge >= 0.3 is 14.6 Å². The summed E-state index contributed by atoms with van der Waals surface area (Å²) in [6.07, 6.45) is 0. The highest BCUT2D eigenvalue weighted by Gasteiger charge is 2.51. The van der Waals surface area contributed by atoms with Gasteiger partial charge in [-0.2, -0.15) is 0 Å². The lowest BCUT2D eigenvalue weighted by Crippen LogP contribution is -2.56. The molecule has 0 aromatic rings. The highest BCUT2D eigenvalue weighted by molar-refractivity contribution is 7.39. The molecule has 2 N–H and O–H groups in total. The average molecular weight is 272 g/mol. The van der Waals surface area contributed by atoms with Crippen molar-refractivity contribution < 1.29 is 28.2 Å². The van der Waals surface area contributed by atoms with Gasteiger partial charge in [0.15, 0.2) is 0 Å². The van der Waals surface area contributed by atoms with Gasteiger partial charge in [-0.3, -0.25) is 4.52 Å². The maximum absolute atomic E-state index is 8.99. The summed E-state index contributed by atoms with van der Waals surface area (Å²) in [5.41, 5.74) is -0.919. The van der Waals surface area contributed by atoms with Gasteiger partial charge in [0.1, 0.15) is 16.1 Å². The molecule has 0 heterocycles. The first kappa shape index (κ1) is 16.4. The fraction of sp³-hybridized carbons (Fsp3) is 1.00. The molecule has 0 saturated carbocycles. The molecule has 0 aromatic heterocycles. The SMILES string of the molecule is CCOC(OCC)(OP(O)O)C(C)(C)O[SiH3]. The second-order valence-electron chi connectivity index (χ2n) is 3.48. The van der Waals surface area contributed by atoms with E-state index in [1.807, 2.05) is 0 Å². The fourth-order valence-electron chi connectivity index (χ4n) is 1.16. The van der Waals surface area contributed by atoms with E-state index in [9.17, 15) is 0 Å².